The Kier molecular flexibility index (Phi) is 4.02. The van der Waals surface area contributed by atoms with Gasteiger partial charge in [0, 0.05) is 0 Å². The minimum atomic E-state index is -1.02. The zero-order chi connectivity index (χ0) is 15.7. The lowest BCUT2D eigenvalue weighted by molar-refractivity contribution is -0.138. The molecule has 0 saturated carbocycles. The van der Waals surface area contributed by atoms with Crippen molar-refractivity contribution in [3.63, 3.8) is 0 Å². The van der Waals surface area contributed by atoms with Gasteiger partial charge in [-0.3, -0.25) is 19.7 Å². The van der Waals surface area contributed by atoms with Crippen LogP contribution in [0.3, 0.4) is 0 Å². The Morgan fingerprint density at radius 1 is 1.38 bits per heavy atom. The fourth-order valence-corrected chi connectivity index (χ4v) is 2.28. The number of nitrogens with zero attached hydrogens (tertiary/aromatic N) is 1. The average molecular weight is 296 g/mol. The van der Waals surface area contributed by atoms with Gasteiger partial charge >= 0.3 is 0 Å². The van der Waals surface area contributed by atoms with Crippen molar-refractivity contribution >= 4 is 17.7 Å². The van der Waals surface area contributed by atoms with Gasteiger partial charge in [-0.05, 0) is 25.0 Å². The quantitative estimate of drug-likeness (QED) is 0.833. The second-order valence-corrected chi connectivity index (χ2v) is 4.82. The Labute approximate surface area is 119 Å². The number of imide groups is 1. The molecule has 1 unspecified atom stereocenters. The summed E-state index contributed by atoms with van der Waals surface area (Å²) in [6.45, 7) is 2.64. The van der Waals surface area contributed by atoms with Crippen molar-refractivity contribution in [1.82, 2.24) is 10.2 Å². The van der Waals surface area contributed by atoms with Crippen LogP contribution in [0.15, 0.2) is 12.1 Å². The first-order valence-electron chi connectivity index (χ1n) is 6.46. The number of piperazine rings is 1. The monoisotopic (exact) mass is 296 g/mol. The van der Waals surface area contributed by atoms with Crippen LogP contribution in [0, 0.1) is 18.6 Å². The van der Waals surface area contributed by atoms with Gasteiger partial charge in [-0.15, -0.1) is 0 Å². The van der Waals surface area contributed by atoms with Crippen molar-refractivity contribution < 1.29 is 23.2 Å². The number of halogens is 2. The summed E-state index contributed by atoms with van der Waals surface area (Å²) in [6.07, 6.45) is 0.236. The highest BCUT2D eigenvalue weighted by Crippen LogP contribution is 2.21. The molecule has 112 valence electrons. The molecule has 1 aliphatic heterocycles. The van der Waals surface area contributed by atoms with Gasteiger partial charge in [-0.2, -0.15) is 0 Å². The highest BCUT2D eigenvalue weighted by molar-refractivity contribution is 6.07. The third-order valence-corrected chi connectivity index (χ3v) is 3.40. The van der Waals surface area contributed by atoms with E-state index in [-0.39, 0.29) is 12.0 Å². The lowest BCUT2D eigenvalue weighted by atomic mass is 10.0. The van der Waals surface area contributed by atoms with Gasteiger partial charge in [0.05, 0.1) is 0 Å². The van der Waals surface area contributed by atoms with Gasteiger partial charge < -0.3 is 4.90 Å². The van der Waals surface area contributed by atoms with Crippen LogP contribution in [0.1, 0.15) is 29.3 Å². The minimum Gasteiger partial charge on any atom is -0.317 e. The van der Waals surface area contributed by atoms with Crippen molar-refractivity contribution in [2.45, 2.75) is 26.3 Å². The molecule has 0 bridgehead atoms. The number of aryl methyl sites for hydroxylation is 1. The number of hydrogen-bond acceptors (Lipinski definition) is 3. The van der Waals surface area contributed by atoms with E-state index in [1.165, 1.54) is 13.0 Å². The first-order chi connectivity index (χ1) is 9.86. The van der Waals surface area contributed by atoms with Gasteiger partial charge in [0.2, 0.25) is 11.8 Å². The number of amides is 3. The summed E-state index contributed by atoms with van der Waals surface area (Å²) in [7, 11) is 0. The molecule has 1 heterocycles. The topological polar surface area (TPSA) is 66.5 Å². The molecule has 0 aliphatic carbocycles. The maximum Gasteiger partial charge on any atom is 0.260 e. The van der Waals surface area contributed by atoms with Crippen LogP contribution in [-0.4, -0.2) is 35.2 Å². The molecule has 1 aromatic rings. The van der Waals surface area contributed by atoms with Gasteiger partial charge in [-0.25, -0.2) is 8.78 Å². The highest BCUT2D eigenvalue weighted by atomic mass is 19.1. The summed E-state index contributed by atoms with van der Waals surface area (Å²) in [5.74, 6) is -4.31. The molecule has 1 N–H and O–H groups in total. The van der Waals surface area contributed by atoms with Crippen molar-refractivity contribution in [3.05, 3.63) is 34.9 Å². The van der Waals surface area contributed by atoms with Crippen LogP contribution in [0.4, 0.5) is 8.78 Å². The van der Waals surface area contributed by atoms with Crippen molar-refractivity contribution in [2.24, 2.45) is 0 Å². The molecule has 1 aromatic carbocycles. The van der Waals surface area contributed by atoms with E-state index in [1.54, 1.807) is 6.92 Å². The SMILES string of the molecule is CCC1C(=O)NC(=O)CN1C(=O)c1c(F)ccc(C)c1F. The Morgan fingerprint density at radius 3 is 2.67 bits per heavy atom. The number of benzene rings is 1. The molecular formula is C14H14F2N2O3. The van der Waals surface area contributed by atoms with Gasteiger partial charge in [0.1, 0.15) is 29.8 Å². The number of hydrogen-bond donors (Lipinski definition) is 1. The zero-order valence-electron chi connectivity index (χ0n) is 11.6. The Hall–Kier alpha value is -2.31. The van der Waals surface area contributed by atoms with Crippen molar-refractivity contribution in [3.8, 4) is 0 Å². The van der Waals surface area contributed by atoms with E-state index in [4.69, 9.17) is 0 Å². The number of carbonyl (C=O) groups excluding carboxylic acids is 3. The number of carbonyl (C=O) groups is 3. The standard InChI is InChI=1S/C14H14F2N2O3/c1-3-9-13(20)17-10(19)6-18(9)14(21)11-8(15)5-4-7(2)12(11)16/h4-5,9H,3,6H2,1-2H3,(H,17,19,20). The molecule has 7 heteroatoms. The smallest absolute Gasteiger partial charge is 0.260 e. The molecule has 1 saturated heterocycles. The Bertz CT molecular complexity index is 631. The third kappa shape index (κ3) is 2.63. The summed E-state index contributed by atoms with van der Waals surface area (Å²) in [4.78, 5) is 36.4. The van der Waals surface area contributed by atoms with Gasteiger partial charge in [0.25, 0.3) is 5.91 Å². The number of nitrogens with one attached hydrogen (secondary N) is 1. The van der Waals surface area contributed by atoms with E-state index in [9.17, 15) is 23.2 Å². The molecular weight excluding hydrogens is 282 g/mol. The van der Waals surface area contributed by atoms with Crippen molar-refractivity contribution in [1.29, 1.82) is 0 Å². The predicted molar refractivity (Wildman–Crippen MR) is 69.4 cm³/mol. The first kappa shape index (κ1) is 15.1. The highest BCUT2D eigenvalue weighted by Gasteiger charge is 2.37. The van der Waals surface area contributed by atoms with Crippen LogP contribution in [-0.2, 0) is 9.59 Å². The lowest BCUT2D eigenvalue weighted by Crippen LogP contribution is -2.59. The zero-order valence-corrected chi connectivity index (χ0v) is 11.6. The van der Waals surface area contributed by atoms with Crippen LogP contribution < -0.4 is 5.32 Å². The van der Waals surface area contributed by atoms with Crippen LogP contribution in [0.25, 0.3) is 0 Å². The Morgan fingerprint density at radius 2 is 2.05 bits per heavy atom. The third-order valence-electron chi connectivity index (χ3n) is 3.40. The molecule has 21 heavy (non-hydrogen) atoms. The normalized spacial score (nSPS) is 18.7. The molecule has 2 rings (SSSR count). The molecule has 1 aliphatic rings. The fraction of sp³-hybridized carbons (Fsp3) is 0.357. The molecule has 1 atom stereocenters. The van der Waals surface area contributed by atoms with E-state index >= 15 is 0 Å². The molecule has 3 amide bonds. The van der Waals surface area contributed by atoms with E-state index in [0.29, 0.717) is 0 Å². The second-order valence-electron chi connectivity index (χ2n) is 4.82. The summed E-state index contributed by atoms with van der Waals surface area (Å²) >= 11 is 0. The Balaban J connectivity index is 2.45. The largest absolute Gasteiger partial charge is 0.317 e. The molecule has 5 nitrogen and oxygen atoms in total. The van der Waals surface area contributed by atoms with Crippen LogP contribution in [0.2, 0.25) is 0 Å². The lowest BCUT2D eigenvalue weighted by Gasteiger charge is -2.33. The van der Waals surface area contributed by atoms with Crippen LogP contribution >= 0.6 is 0 Å². The first-order valence-corrected chi connectivity index (χ1v) is 6.46. The average Bonchev–Trinajstić information content (AvgIpc) is 2.42. The summed E-state index contributed by atoms with van der Waals surface area (Å²) in [6, 6.07) is 1.28. The molecule has 0 spiro atoms. The second kappa shape index (κ2) is 5.59. The molecule has 1 fully saturated rings. The minimum absolute atomic E-state index is 0.112. The van der Waals surface area contributed by atoms with E-state index < -0.39 is 47.5 Å². The molecule has 0 aromatic heterocycles. The fourth-order valence-electron chi connectivity index (χ4n) is 2.28. The van der Waals surface area contributed by atoms with Gasteiger partial charge in [-0.1, -0.05) is 13.0 Å². The number of rotatable bonds is 2. The van der Waals surface area contributed by atoms with E-state index in [2.05, 4.69) is 5.32 Å². The predicted octanol–water partition coefficient (Wildman–Crippen LogP) is 1.15. The summed E-state index contributed by atoms with van der Waals surface area (Å²) in [5, 5.41) is 2.10. The van der Waals surface area contributed by atoms with E-state index in [0.717, 1.165) is 11.0 Å². The van der Waals surface area contributed by atoms with E-state index in [1.807, 2.05) is 0 Å². The summed E-state index contributed by atoms with van der Waals surface area (Å²) in [5.41, 5.74) is -0.628. The van der Waals surface area contributed by atoms with Crippen molar-refractivity contribution in [2.75, 3.05) is 6.54 Å². The van der Waals surface area contributed by atoms with Gasteiger partial charge in [0.15, 0.2) is 0 Å². The maximum atomic E-state index is 14.0. The molecule has 0 radical (unpaired) electrons. The maximum absolute atomic E-state index is 14.0. The van der Waals surface area contributed by atoms with Crippen LogP contribution in [0.5, 0.6) is 0 Å². The summed E-state index contributed by atoms with van der Waals surface area (Å²) < 4.78 is 27.8.